The molecule has 3 heterocycles. The van der Waals surface area contributed by atoms with E-state index in [2.05, 4.69) is 20.8 Å². The number of hydrogen-bond donors (Lipinski definition) is 2. The Morgan fingerprint density at radius 3 is 2.95 bits per heavy atom. The van der Waals surface area contributed by atoms with Crippen molar-refractivity contribution >= 4 is 5.91 Å². The van der Waals surface area contributed by atoms with Gasteiger partial charge >= 0.3 is 0 Å². The van der Waals surface area contributed by atoms with Crippen LogP contribution in [-0.4, -0.2) is 41.3 Å². The molecule has 3 atom stereocenters. The molecule has 3 aliphatic rings. The number of aromatic nitrogens is 2. The number of amides is 1. The SMILES string of the molecule is O=C(NC1CCOC1C1CC1)c1noc(C2CCCN2)n1. The fraction of sp³-hybridized carbons (Fsp3) is 0.786. The predicted octanol–water partition coefficient (Wildman–Crippen LogP) is 0.791. The lowest BCUT2D eigenvalue weighted by molar-refractivity contribution is 0.0723. The molecule has 7 heteroatoms. The molecule has 0 bridgehead atoms. The van der Waals surface area contributed by atoms with Gasteiger partial charge in [0.1, 0.15) is 0 Å². The molecule has 7 nitrogen and oxygen atoms in total. The van der Waals surface area contributed by atoms with Crippen LogP contribution in [0, 0.1) is 5.92 Å². The van der Waals surface area contributed by atoms with Crippen molar-refractivity contribution in [2.75, 3.05) is 13.2 Å². The van der Waals surface area contributed by atoms with Crippen molar-refractivity contribution in [2.45, 2.75) is 50.3 Å². The van der Waals surface area contributed by atoms with Crippen LogP contribution in [0.25, 0.3) is 0 Å². The maximum Gasteiger partial charge on any atom is 0.293 e. The number of rotatable bonds is 4. The Hall–Kier alpha value is -1.47. The van der Waals surface area contributed by atoms with Gasteiger partial charge in [0.25, 0.3) is 11.7 Å². The summed E-state index contributed by atoms with van der Waals surface area (Å²) in [6.45, 7) is 1.67. The summed E-state index contributed by atoms with van der Waals surface area (Å²) in [5.74, 6) is 0.990. The fourth-order valence-corrected chi connectivity index (χ4v) is 3.25. The molecule has 21 heavy (non-hydrogen) atoms. The molecule has 0 spiro atoms. The van der Waals surface area contributed by atoms with Gasteiger partial charge in [0.15, 0.2) is 0 Å². The number of nitrogens with zero attached hydrogens (tertiary/aromatic N) is 2. The van der Waals surface area contributed by atoms with Crippen LogP contribution in [0.3, 0.4) is 0 Å². The van der Waals surface area contributed by atoms with E-state index in [1.165, 1.54) is 12.8 Å². The van der Waals surface area contributed by atoms with Crippen LogP contribution < -0.4 is 10.6 Å². The van der Waals surface area contributed by atoms with Crippen molar-refractivity contribution in [3.63, 3.8) is 0 Å². The zero-order valence-corrected chi connectivity index (χ0v) is 11.9. The average molecular weight is 292 g/mol. The topological polar surface area (TPSA) is 89.3 Å². The molecule has 1 amide bonds. The molecule has 1 aromatic rings. The van der Waals surface area contributed by atoms with Crippen LogP contribution in [0.1, 0.15) is 54.7 Å². The molecule has 4 rings (SSSR count). The Balaban J connectivity index is 1.40. The average Bonchev–Trinajstić information content (AvgIpc) is 2.94. The maximum atomic E-state index is 12.2. The predicted molar refractivity (Wildman–Crippen MR) is 72.6 cm³/mol. The third kappa shape index (κ3) is 2.67. The first-order chi connectivity index (χ1) is 10.3. The Labute approximate surface area is 122 Å². The fourth-order valence-electron chi connectivity index (χ4n) is 3.25. The monoisotopic (exact) mass is 292 g/mol. The molecule has 3 unspecified atom stereocenters. The standard InChI is InChI=1S/C14H20N4O3/c19-13(16-9-5-7-20-11(9)8-3-4-8)12-17-14(21-18-12)10-2-1-6-15-10/h8-11,15H,1-7H2,(H,16,19). The van der Waals surface area contributed by atoms with Gasteiger partial charge in [0.05, 0.1) is 18.2 Å². The van der Waals surface area contributed by atoms with Crippen molar-refractivity contribution in [2.24, 2.45) is 5.92 Å². The molecule has 1 aliphatic carbocycles. The van der Waals surface area contributed by atoms with Crippen LogP contribution >= 0.6 is 0 Å². The third-order valence-electron chi connectivity index (χ3n) is 4.54. The largest absolute Gasteiger partial charge is 0.376 e. The van der Waals surface area contributed by atoms with Gasteiger partial charge in [0, 0.05) is 6.61 Å². The minimum Gasteiger partial charge on any atom is -0.376 e. The van der Waals surface area contributed by atoms with Crippen molar-refractivity contribution in [1.29, 1.82) is 0 Å². The molecule has 0 aromatic carbocycles. The zero-order chi connectivity index (χ0) is 14.2. The van der Waals surface area contributed by atoms with E-state index in [9.17, 15) is 4.79 Å². The number of ether oxygens (including phenoxy) is 1. The first kappa shape index (κ1) is 13.2. The molecule has 3 fully saturated rings. The highest BCUT2D eigenvalue weighted by Gasteiger charge is 2.41. The van der Waals surface area contributed by atoms with Gasteiger partial charge in [-0.15, -0.1) is 0 Å². The lowest BCUT2D eigenvalue weighted by atomic mass is 10.1. The van der Waals surface area contributed by atoms with Gasteiger partial charge in [-0.2, -0.15) is 4.98 Å². The van der Waals surface area contributed by atoms with Crippen molar-refractivity contribution in [1.82, 2.24) is 20.8 Å². The van der Waals surface area contributed by atoms with E-state index in [1.807, 2.05) is 0 Å². The number of hydrogen-bond acceptors (Lipinski definition) is 6. The molecule has 1 saturated carbocycles. The Morgan fingerprint density at radius 1 is 1.29 bits per heavy atom. The Bertz CT molecular complexity index is 522. The minimum atomic E-state index is -0.260. The van der Waals surface area contributed by atoms with E-state index >= 15 is 0 Å². The minimum absolute atomic E-state index is 0.0801. The van der Waals surface area contributed by atoms with Gasteiger partial charge in [-0.05, 0) is 44.6 Å². The second kappa shape index (κ2) is 5.38. The van der Waals surface area contributed by atoms with Crippen LogP contribution in [-0.2, 0) is 4.74 Å². The summed E-state index contributed by atoms with van der Waals surface area (Å²) in [7, 11) is 0. The Kier molecular flexibility index (Phi) is 3.39. The normalized spacial score (nSPS) is 32.5. The smallest absolute Gasteiger partial charge is 0.293 e. The summed E-state index contributed by atoms with van der Waals surface area (Å²) < 4.78 is 10.9. The molecular weight excluding hydrogens is 272 g/mol. The highest BCUT2D eigenvalue weighted by Crippen LogP contribution is 2.38. The van der Waals surface area contributed by atoms with Gasteiger partial charge in [0.2, 0.25) is 5.89 Å². The highest BCUT2D eigenvalue weighted by atomic mass is 16.5. The van der Waals surface area contributed by atoms with Crippen LogP contribution in [0.15, 0.2) is 4.52 Å². The second-order valence-electron chi connectivity index (χ2n) is 6.15. The third-order valence-corrected chi connectivity index (χ3v) is 4.54. The second-order valence-corrected chi connectivity index (χ2v) is 6.15. The highest BCUT2D eigenvalue weighted by molar-refractivity contribution is 5.90. The van der Waals surface area contributed by atoms with E-state index in [0.717, 1.165) is 32.4 Å². The molecule has 1 aromatic heterocycles. The van der Waals surface area contributed by atoms with Crippen LogP contribution in [0.2, 0.25) is 0 Å². The number of carbonyl (C=O) groups excluding carboxylic acids is 1. The van der Waals surface area contributed by atoms with Crippen molar-refractivity contribution < 1.29 is 14.1 Å². The first-order valence-electron chi connectivity index (χ1n) is 7.81. The quantitative estimate of drug-likeness (QED) is 0.853. The zero-order valence-electron chi connectivity index (χ0n) is 11.9. The van der Waals surface area contributed by atoms with Crippen LogP contribution in [0.5, 0.6) is 0 Å². The first-order valence-corrected chi connectivity index (χ1v) is 7.81. The van der Waals surface area contributed by atoms with E-state index in [-0.39, 0.29) is 29.9 Å². The van der Waals surface area contributed by atoms with Crippen molar-refractivity contribution in [3.05, 3.63) is 11.7 Å². The van der Waals surface area contributed by atoms with E-state index in [4.69, 9.17) is 9.26 Å². The van der Waals surface area contributed by atoms with Gasteiger partial charge < -0.3 is 19.9 Å². The summed E-state index contributed by atoms with van der Waals surface area (Å²) >= 11 is 0. The summed E-state index contributed by atoms with van der Waals surface area (Å²) in [5.41, 5.74) is 0. The summed E-state index contributed by atoms with van der Waals surface area (Å²) in [5, 5.41) is 10.1. The molecule has 2 aliphatic heterocycles. The van der Waals surface area contributed by atoms with Gasteiger partial charge in [-0.3, -0.25) is 4.79 Å². The van der Waals surface area contributed by atoms with Crippen molar-refractivity contribution in [3.8, 4) is 0 Å². The summed E-state index contributed by atoms with van der Waals surface area (Å²) in [4.78, 5) is 16.5. The van der Waals surface area contributed by atoms with Gasteiger partial charge in [-0.1, -0.05) is 5.16 Å². The lowest BCUT2D eigenvalue weighted by Gasteiger charge is -2.18. The molecular formula is C14H20N4O3. The lowest BCUT2D eigenvalue weighted by Crippen LogP contribution is -2.41. The summed E-state index contributed by atoms with van der Waals surface area (Å²) in [6, 6.07) is 0.171. The molecule has 0 radical (unpaired) electrons. The molecule has 114 valence electrons. The summed E-state index contributed by atoms with van der Waals surface area (Å²) in [6.07, 6.45) is 5.51. The molecule has 2 saturated heterocycles. The number of nitrogens with one attached hydrogen (secondary N) is 2. The van der Waals surface area contributed by atoms with E-state index in [1.54, 1.807) is 0 Å². The number of carbonyl (C=O) groups is 1. The Morgan fingerprint density at radius 2 is 2.19 bits per heavy atom. The van der Waals surface area contributed by atoms with E-state index in [0.29, 0.717) is 11.8 Å². The van der Waals surface area contributed by atoms with E-state index < -0.39 is 0 Å². The molecule has 2 N–H and O–H groups in total. The van der Waals surface area contributed by atoms with Gasteiger partial charge in [-0.25, -0.2) is 0 Å². The van der Waals surface area contributed by atoms with Crippen LogP contribution in [0.4, 0.5) is 0 Å². The maximum absolute atomic E-state index is 12.2.